The smallest absolute Gasteiger partial charge is 0.166 e. The number of para-hydroxylation sites is 1. The topological polar surface area (TPSA) is 16.1 Å². The van der Waals surface area contributed by atoms with Crippen molar-refractivity contribution in [1.29, 1.82) is 0 Å². The van der Waals surface area contributed by atoms with Gasteiger partial charge in [-0.05, 0) is 30.5 Å². The number of hydrogen-bond acceptors (Lipinski definition) is 4. The highest BCUT2D eigenvalue weighted by atomic mass is 32.2. The van der Waals surface area contributed by atoms with Crippen LogP contribution in [0.2, 0.25) is 0 Å². The Balaban J connectivity index is 1.90. The van der Waals surface area contributed by atoms with Crippen LogP contribution in [0.1, 0.15) is 39.5 Å². The zero-order valence-electron chi connectivity index (χ0n) is 11.8. The lowest BCUT2D eigenvalue weighted by Crippen LogP contribution is -2.16. The Morgan fingerprint density at radius 1 is 1.16 bits per heavy atom. The molecule has 1 aromatic carbocycles. The van der Waals surface area contributed by atoms with Crippen molar-refractivity contribution in [3.63, 3.8) is 0 Å². The van der Waals surface area contributed by atoms with E-state index in [9.17, 15) is 0 Å². The van der Waals surface area contributed by atoms with Crippen molar-refractivity contribution >= 4 is 33.5 Å². The normalized spacial score (nSPS) is 11.5. The van der Waals surface area contributed by atoms with Gasteiger partial charge in [-0.1, -0.05) is 45.2 Å². The van der Waals surface area contributed by atoms with Gasteiger partial charge in [0, 0.05) is 13.1 Å². The standard InChI is InChI=1S/C15H22N2S2/c1-3-5-6-9-12-17(4-2)19-15-16-13-10-7-8-11-14(13)18-15/h7-8,10-11H,3-6,9,12H2,1-2H3. The molecule has 0 aliphatic carbocycles. The molecule has 1 heterocycles. The van der Waals surface area contributed by atoms with E-state index >= 15 is 0 Å². The summed E-state index contributed by atoms with van der Waals surface area (Å²) in [6.07, 6.45) is 5.29. The molecule has 19 heavy (non-hydrogen) atoms. The van der Waals surface area contributed by atoms with Gasteiger partial charge < -0.3 is 0 Å². The number of thiazole rings is 1. The molecule has 0 bridgehead atoms. The molecule has 2 nitrogen and oxygen atoms in total. The summed E-state index contributed by atoms with van der Waals surface area (Å²) in [4.78, 5) is 4.68. The molecule has 4 heteroatoms. The van der Waals surface area contributed by atoms with Gasteiger partial charge in [0.1, 0.15) is 0 Å². The molecular weight excluding hydrogens is 272 g/mol. The third-order valence-electron chi connectivity index (χ3n) is 3.10. The summed E-state index contributed by atoms with van der Waals surface area (Å²) >= 11 is 3.61. The second-order valence-corrected chi connectivity index (χ2v) is 7.00. The third kappa shape index (κ3) is 4.48. The van der Waals surface area contributed by atoms with E-state index in [0.29, 0.717) is 0 Å². The maximum absolute atomic E-state index is 4.68. The van der Waals surface area contributed by atoms with E-state index in [2.05, 4.69) is 47.4 Å². The van der Waals surface area contributed by atoms with E-state index in [1.165, 1.54) is 34.7 Å². The third-order valence-corrected chi connectivity index (χ3v) is 5.35. The van der Waals surface area contributed by atoms with E-state index in [-0.39, 0.29) is 0 Å². The summed E-state index contributed by atoms with van der Waals surface area (Å²) < 4.78 is 4.87. The Morgan fingerprint density at radius 3 is 2.74 bits per heavy atom. The molecule has 0 saturated carbocycles. The minimum Gasteiger partial charge on any atom is -0.245 e. The molecule has 0 aliphatic rings. The molecule has 0 radical (unpaired) electrons. The molecule has 104 valence electrons. The van der Waals surface area contributed by atoms with Crippen molar-refractivity contribution in [2.75, 3.05) is 13.1 Å². The van der Waals surface area contributed by atoms with Crippen LogP contribution in [0.15, 0.2) is 28.6 Å². The maximum Gasteiger partial charge on any atom is 0.166 e. The Morgan fingerprint density at radius 2 is 2.00 bits per heavy atom. The van der Waals surface area contributed by atoms with Gasteiger partial charge in [0.25, 0.3) is 0 Å². The summed E-state index contributed by atoms with van der Waals surface area (Å²) in [6, 6.07) is 8.37. The molecule has 0 N–H and O–H groups in total. The zero-order chi connectivity index (χ0) is 13.5. The van der Waals surface area contributed by atoms with Crippen LogP contribution in [-0.4, -0.2) is 22.4 Å². The minimum atomic E-state index is 1.08. The molecule has 2 aromatic rings. The van der Waals surface area contributed by atoms with Crippen LogP contribution in [0, 0.1) is 0 Å². The Labute approximate surface area is 124 Å². The van der Waals surface area contributed by atoms with Crippen molar-refractivity contribution in [1.82, 2.24) is 9.29 Å². The van der Waals surface area contributed by atoms with Crippen molar-refractivity contribution < 1.29 is 0 Å². The highest BCUT2D eigenvalue weighted by Gasteiger charge is 2.09. The number of rotatable bonds is 8. The second kappa shape index (κ2) is 7.88. The van der Waals surface area contributed by atoms with Gasteiger partial charge >= 0.3 is 0 Å². The fourth-order valence-electron chi connectivity index (χ4n) is 1.98. The number of benzene rings is 1. The average Bonchev–Trinajstić information content (AvgIpc) is 2.84. The Bertz CT molecular complexity index is 463. The largest absolute Gasteiger partial charge is 0.245 e. The summed E-state index contributed by atoms with van der Waals surface area (Å²) in [7, 11) is 0. The van der Waals surface area contributed by atoms with Crippen LogP contribution >= 0.6 is 23.3 Å². The van der Waals surface area contributed by atoms with Gasteiger partial charge in [-0.2, -0.15) is 0 Å². The van der Waals surface area contributed by atoms with Crippen molar-refractivity contribution in [2.24, 2.45) is 0 Å². The van der Waals surface area contributed by atoms with E-state index in [4.69, 9.17) is 0 Å². The summed E-state index contributed by atoms with van der Waals surface area (Å²) in [6.45, 7) is 6.72. The number of aromatic nitrogens is 1. The van der Waals surface area contributed by atoms with Crippen LogP contribution in [0.25, 0.3) is 10.2 Å². The lowest BCUT2D eigenvalue weighted by molar-refractivity contribution is 0.466. The zero-order valence-corrected chi connectivity index (χ0v) is 13.4. The molecule has 2 rings (SSSR count). The highest BCUT2D eigenvalue weighted by molar-refractivity contribution is 7.98. The Kier molecular flexibility index (Phi) is 6.14. The van der Waals surface area contributed by atoms with Gasteiger partial charge in [0.15, 0.2) is 4.34 Å². The van der Waals surface area contributed by atoms with E-state index < -0.39 is 0 Å². The summed E-state index contributed by atoms with van der Waals surface area (Å²) in [5.74, 6) is 0. The molecule has 0 fully saturated rings. The molecule has 1 aromatic heterocycles. The number of unbranched alkanes of at least 4 members (excludes halogenated alkanes) is 3. The maximum atomic E-state index is 4.68. The van der Waals surface area contributed by atoms with Gasteiger partial charge in [-0.3, -0.25) is 0 Å². The first kappa shape index (κ1) is 14.8. The van der Waals surface area contributed by atoms with E-state index in [0.717, 1.165) is 18.6 Å². The lowest BCUT2D eigenvalue weighted by atomic mass is 10.2. The molecular formula is C15H22N2S2. The first-order valence-corrected chi connectivity index (χ1v) is 8.71. The SMILES string of the molecule is CCCCCCN(CC)Sc1nc2ccccc2s1. The summed E-state index contributed by atoms with van der Waals surface area (Å²) in [5, 5.41) is 0. The second-order valence-electron chi connectivity index (χ2n) is 4.62. The van der Waals surface area contributed by atoms with E-state index in [1.54, 1.807) is 11.3 Å². The van der Waals surface area contributed by atoms with Crippen LogP contribution in [-0.2, 0) is 0 Å². The summed E-state index contributed by atoms with van der Waals surface area (Å²) in [5.41, 5.74) is 1.12. The first-order chi connectivity index (χ1) is 9.33. The number of hydrogen-bond donors (Lipinski definition) is 0. The van der Waals surface area contributed by atoms with Crippen LogP contribution in [0.3, 0.4) is 0 Å². The molecule has 0 saturated heterocycles. The van der Waals surface area contributed by atoms with Crippen molar-refractivity contribution in [3.8, 4) is 0 Å². The van der Waals surface area contributed by atoms with E-state index in [1.807, 2.05) is 11.9 Å². The van der Waals surface area contributed by atoms with Gasteiger partial charge in [0.05, 0.1) is 10.2 Å². The quantitative estimate of drug-likeness (QED) is 0.491. The fourth-order valence-corrected chi connectivity index (χ4v) is 4.12. The Hall–Kier alpha value is -0.580. The molecule has 0 spiro atoms. The molecule has 0 unspecified atom stereocenters. The molecule has 0 atom stereocenters. The van der Waals surface area contributed by atoms with Crippen LogP contribution in [0.5, 0.6) is 0 Å². The van der Waals surface area contributed by atoms with Gasteiger partial charge in [0.2, 0.25) is 0 Å². The molecule has 0 amide bonds. The van der Waals surface area contributed by atoms with Gasteiger partial charge in [-0.25, -0.2) is 9.29 Å². The lowest BCUT2D eigenvalue weighted by Gasteiger charge is -2.17. The predicted octanol–water partition coefficient (Wildman–Crippen LogP) is 5.21. The minimum absolute atomic E-state index is 1.08. The highest BCUT2D eigenvalue weighted by Crippen LogP contribution is 2.31. The van der Waals surface area contributed by atoms with Crippen LogP contribution < -0.4 is 0 Å². The monoisotopic (exact) mass is 294 g/mol. The van der Waals surface area contributed by atoms with Crippen molar-refractivity contribution in [3.05, 3.63) is 24.3 Å². The van der Waals surface area contributed by atoms with Crippen LogP contribution in [0.4, 0.5) is 0 Å². The predicted molar refractivity (Wildman–Crippen MR) is 86.9 cm³/mol. The number of nitrogens with zero attached hydrogens (tertiary/aromatic N) is 2. The molecule has 0 aliphatic heterocycles. The fraction of sp³-hybridized carbons (Fsp3) is 0.533. The van der Waals surface area contributed by atoms with Gasteiger partial charge in [-0.15, -0.1) is 11.3 Å². The number of fused-ring (bicyclic) bond motifs is 1. The first-order valence-electron chi connectivity index (χ1n) is 7.12. The van der Waals surface area contributed by atoms with Crippen molar-refractivity contribution in [2.45, 2.75) is 43.9 Å². The average molecular weight is 294 g/mol.